The topological polar surface area (TPSA) is 38.5 Å². The van der Waals surface area contributed by atoms with Crippen molar-refractivity contribution in [2.45, 2.75) is 19.9 Å². The molecule has 0 bridgehead atoms. The number of methoxy groups -OCH3 is 1. The Morgan fingerprint density at radius 3 is 2.60 bits per heavy atom. The number of ether oxygens (including phenoxy) is 1. The largest absolute Gasteiger partial charge is 0.383 e. The minimum Gasteiger partial charge on any atom is -0.383 e. The van der Waals surface area contributed by atoms with Gasteiger partial charge < -0.3 is 10.5 Å². The molecule has 0 heterocycles. The molecule has 0 aliphatic heterocycles. The van der Waals surface area contributed by atoms with E-state index in [0.717, 1.165) is 22.6 Å². The van der Waals surface area contributed by atoms with Gasteiger partial charge in [-0.15, -0.1) is 0 Å². The van der Waals surface area contributed by atoms with E-state index in [2.05, 4.69) is 34.7 Å². The molecule has 0 fully saturated rings. The van der Waals surface area contributed by atoms with Crippen molar-refractivity contribution < 1.29 is 4.74 Å². The van der Waals surface area contributed by atoms with Gasteiger partial charge in [0.15, 0.2) is 0 Å². The highest BCUT2D eigenvalue weighted by Crippen LogP contribution is 2.30. The van der Waals surface area contributed by atoms with Crippen molar-refractivity contribution in [1.29, 1.82) is 0 Å². The maximum absolute atomic E-state index is 6.02. The van der Waals surface area contributed by atoms with E-state index < -0.39 is 0 Å². The predicted molar refractivity (Wildman–Crippen MR) is 89.2 cm³/mol. The normalized spacial score (nSPS) is 13.2. The van der Waals surface area contributed by atoms with E-state index in [1.807, 2.05) is 18.2 Å². The van der Waals surface area contributed by atoms with E-state index in [1.54, 1.807) is 7.11 Å². The van der Waals surface area contributed by atoms with E-state index in [1.165, 1.54) is 5.56 Å². The molecule has 0 saturated heterocycles. The van der Waals surface area contributed by atoms with Crippen molar-refractivity contribution in [2.24, 2.45) is 11.7 Å². The van der Waals surface area contributed by atoms with Gasteiger partial charge in [0.05, 0.1) is 6.61 Å². The molecule has 2 N–H and O–H groups in total. The van der Waals surface area contributed by atoms with Crippen LogP contribution >= 0.6 is 27.5 Å². The van der Waals surface area contributed by atoms with Crippen molar-refractivity contribution in [1.82, 2.24) is 4.90 Å². The third-order valence-electron chi connectivity index (χ3n) is 3.17. The van der Waals surface area contributed by atoms with Gasteiger partial charge in [-0.25, -0.2) is 0 Å². The summed E-state index contributed by atoms with van der Waals surface area (Å²) in [7, 11) is 1.73. The molecule has 1 atom stereocenters. The van der Waals surface area contributed by atoms with Crippen LogP contribution in [0, 0.1) is 5.92 Å². The van der Waals surface area contributed by atoms with Crippen molar-refractivity contribution in [3.05, 3.63) is 33.3 Å². The number of nitrogens with two attached hydrogens (primary N) is 1. The molecule has 1 unspecified atom stereocenters. The summed E-state index contributed by atoms with van der Waals surface area (Å²) in [6, 6.07) is 6.04. The zero-order chi connectivity index (χ0) is 15.1. The first-order valence-corrected chi connectivity index (χ1v) is 8.04. The average molecular weight is 364 g/mol. The summed E-state index contributed by atoms with van der Waals surface area (Å²) in [5.41, 5.74) is 7.20. The van der Waals surface area contributed by atoms with Crippen LogP contribution in [-0.2, 0) is 4.74 Å². The Labute approximate surface area is 135 Å². The minimum atomic E-state index is 0.166. The fourth-order valence-corrected chi connectivity index (χ4v) is 3.24. The summed E-state index contributed by atoms with van der Waals surface area (Å²) in [4.78, 5) is 2.38. The smallest absolute Gasteiger partial charge is 0.0589 e. The summed E-state index contributed by atoms with van der Waals surface area (Å²) in [6.07, 6.45) is 0. The maximum atomic E-state index is 6.02. The molecule has 3 nitrogen and oxygen atoms in total. The number of rotatable bonds is 8. The monoisotopic (exact) mass is 362 g/mol. The number of hydrogen-bond acceptors (Lipinski definition) is 3. The van der Waals surface area contributed by atoms with E-state index >= 15 is 0 Å². The second-order valence-electron chi connectivity index (χ2n) is 5.30. The highest BCUT2D eigenvalue weighted by molar-refractivity contribution is 9.10. The Kier molecular flexibility index (Phi) is 8.07. The van der Waals surface area contributed by atoms with Crippen molar-refractivity contribution in [3.63, 3.8) is 0 Å². The quantitative estimate of drug-likeness (QED) is 0.765. The molecule has 20 heavy (non-hydrogen) atoms. The molecule has 1 aromatic carbocycles. The number of halogens is 2. The lowest BCUT2D eigenvalue weighted by Gasteiger charge is -2.33. The molecule has 0 aromatic heterocycles. The van der Waals surface area contributed by atoms with Gasteiger partial charge in [0, 0.05) is 42.3 Å². The molecule has 5 heteroatoms. The molecule has 0 aliphatic carbocycles. The lowest BCUT2D eigenvalue weighted by Crippen LogP contribution is -2.38. The van der Waals surface area contributed by atoms with Crippen LogP contribution in [-0.4, -0.2) is 38.3 Å². The van der Waals surface area contributed by atoms with Crippen LogP contribution in [0.3, 0.4) is 0 Å². The molecule has 0 aliphatic rings. The van der Waals surface area contributed by atoms with Crippen molar-refractivity contribution >= 4 is 27.5 Å². The Morgan fingerprint density at radius 1 is 1.40 bits per heavy atom. The van der Waals surface area contributed by atoms with Crippen LogP contribution in [0.4, 0.5) is 0 Å². The van der Waals surface area contributed by atoms with Gasteiger partial charge in [0.1, 0.15) is 0 Å². The van der Waals surface area contributed by atoms with Crippen LogP contribution in [0.5, 0.6) is 0 Å². The third kappa shape index (κ3) is 5.34. The summed E-state index contributed by atoms with van der Waals surface area (Å²) in [5.74, 6) is 0.576. The second kappa shape index (κ2) is 9.00. The summed E-state index contributed by atoms with van der Waals surface area (Å²) < 4.78 is 6.22. The maximum Gasteiger partial charge on any atom is 0.0589 e. The van der Waals surface area contributed by atoms with Gasteiger partial charge >= 0.3 is 0 Å². The van der Waals surface area contributed by atoms with Gasteiger partial charge in [0.25, 0.3) is 0 Å². The van der Waals surface area contributed by atoms with E-state index in [4.69, 9.17) is 22.1 Å². The Hall–Kier alpha value is -0.130. The summed E-state index contributed by atoms with van der Waals surface area (Å²) in [6.45, 7) is 7.55. The number of hydrogen-bond donors (Lipinski definition) is 1. The Balaban J connectivity index is 2.98. The molecule has 0 spiro atoms. The van der Waals surface area contributed by atoms with Gasteiger partial charge in [0.2, 0.25) is 0 Å². The molecule has 1 aromatic rings. The summed E-state index contributed by atoms with van der Waals surface area (Å²) >= 11 is 9.61. The SMILES string of the molecule is COCCN(CC(C)C)C(CN)c1ccc(Cl)cc1Br. The highest BCUT2D eigenvalue weighted by Gasteiger charge is 2.21. The Morgan fingerprint density at radius 2 is 2.10 bits per heavy atom. The van der Waals surface area contributed by atoms with E-state index in [-0.39, 0.29) is 6.04 Å². The van der Waals surface area contributed by atoms with Gasteiger partial charge in [-0.05, 0) is 23.6 Å². The van der Waals surface area contributed by atoms with Gasteiger partial charge in [-0.1, -0.05) is 47.4 Å². The first kappa shape index (κ1) is 17.9. The molecular weight excluding hydrogens is 340 g/mol. The molecule has 0 amide bonds. The fourth-order valence-electron chi connectivity index (χ4n) is 2.30. The van der Waals surface area contributed by atoms with Crippen LogP contribution in [0.1, 0.15) is 25.5 Å². The summed E-state index contributed by atoms with van der Waals surface area (Å²) in [5, 5.41) is 0.726. The molecule has 0 saturated carbocycles. The standard InChI is InChI=1S/C15H24BrClN2O/c1-11(2)10-19(6-7-20-3)15(9-18)13-5-4-12(17)8-14(13)16/h4-5,8,11,15H,6-7,9-10,18H2,1-3H3. The van der Waals surface area contributed by atoms with E-state index in [9.17, 15) is 0 Å². The van der Waals surface area contributed by atoms with Crippen molar-refractivity contribution in [2.75, 3.05) is 33.4 Å². The van der Waals surface area contributed by atoms with Crippen molar-refractivity contribution in [3.8, 4) is 0 Å². The highest BCUT2D eigenvalue weighted by atomic mass is 79.9. The first-order chi connectivity index (χ1) is 9.49. The zero-order valence-electron chi connectivity index (χ0n) is 12.4. The lowest BCUT2D eigenvalue weighted by atomic mass is 10.0. The lowest BCUT2D eigenvalue weighted by molar-refractivity contribution is 0.111. The number of nitrogens with zero attached hydrogens (tertiary/aromatic N) is 1. The number of benzene rings is 1. The van der Waals surface area contributed by atoms with Gasteiger partial charge in [-0.2, -0.15) is 0 Å². The van der Waals surface area contributed by atoms with Crippen LogP contribution in [0.15, 0.2) is 22.7 Å². The van der Waals surface area contributed by atoms with Crippen LogP contribution in [0.2, 0.25) is 5.02 Å². The van der Waals surface area contributed by atoms with Crippen LogP contribution in [0.25, 0.3) is 0 Å². The molecular formula is C15H24BrClN2O. The first-order valence-electron chi connectivity index (χ1n) is 6.87. The average Bonchev–Trinajstić information content (AvgIpc) is 2.38. The Bertz CT molecular complexity index is 415. The fraction of sp³-hybridized carbons (Fsp3) is 0.600. The van der Waals surface area contributed by atoms with Gasteiger partial charge in [-0.3, -0.25) is 4.90 Å². The molecule has 1 rings (SSSR count). The molecule has 114 valence electrons. The van der Waals surface area contributed by atoms with E-state index in [0.29, 0.717) is 19.1 Å². The minimum absolute atomic E-state index is 0.166. The van der Waals surface area contributed by atoms with Crippen LogP contribution < -0.4 is 5.73 Å². The zero-order valence-corrected chi connectivity index (χ0v) is 14.7. The second-order valence-corrected chi connectivity index (χ2v) is 6.59. The third-order valence-corrected chi connectivity index (χ3v) is 4.09. The molecule has 0 radical (unpaired) electrons. The predicted octanol–water partition coefficient (Wildman–Crippen LogP) is 3.71.